The first-order valence-electron chi connectivity index (χ1n) is 6.76. The van der Waals surface area contributed by atoms with Gasteiger partial charge >= 0.3 is 6.18 Å². The maximum absolute atomic E-state index is 12.4. The highest BCUT2D eigenvalue weighted by atomic mass is 32.1. The fourth-order valence-corrected chi connectivity index (χ4v) is 3.87. The van der Waals surface area contributed by atoms with Gasteiger partial charge in [0.25, 0.3) is 0 Å². The van der Waals surface area contributed by atoms with E-state index in [1.807, 2.05) is 10.3 Å². The van der Waals surface area contributed by atoms with E-state index >= 15 is 0 Å². The van der Waals surface area contributed by atoms with Crippen molar-refractivity contribution in [2.24, 2.45) is 5.92 Å². The lowest BCUT2D eigenvalue weighted by Crippen LogP contribution is -2.52. The second-order valence-electron chi connectivity index (χ2n) is 5.59. The SMILES string of the molecule is FC(F)(F)C1CN(Cc2csc(C3CCCC3)n2)C1. The Bertz CT molecular complexity index is 431. The largest absolute Gasteiger partial charge is 0.394 e. The molecule has 0 bridgehead atoms. The summed E-state index contributed by atoms with van der Waals surface area (Å²) < 4.78 is 37.1. The first kappa shape index (κ1) is 13.4. The number of rotatable bonds is 3. The van der Waals surface area contributed by atoms with Crippen LogP contribution in [-0.2, 0) is 6.54 Å². The molecule has 0 unspecified atom stereocenters. The molecule has 0 radical (unpaired) electrons. The van der Waals surface area contributed by atoms with Gasteiger partial charge in [0, 0.05) is 30.9 Å². The fraction of sp³-hybridized carbons (Fsp3) is 0.769. The van der Waals surface area contributed by atoms with E-state index in [1.54, 1.807) is 11.3 Å². The van der Waals surface area contributed by atoms with Crippen LogP contribution in [0, 0.1) is 5.92 Å². The van der Waals surface area contributed by atoms with Crippen LogP contribution in [0.5, 0.6) is 0 Å². The molecule has 1 saturated carbocycles. The van der Waals surface area contributed by atoms with E-state index in [-0.39, 0.29) is 13.1 Å². The third-order valence-corrected chi connectivity index (χ3v) is 5.14. The first-order valence-corrected chi connectivity index (χ1v) is 7.63. The van der Waals surface area contributed by atoms with Gasteiger partial charge in [-0.25, -0.2) is 4.98 Å². The van der Waals surface area contributed by atoms with Crippen LogP contribution in [0.3, 0.4) is 0 Å². The van der Waals surface area contributed by atoms with Crippen LogP contribution in [0.1, 0.15) is 42.3 Å². The summed E-state index contributed by atoms with van der Waals surface area (Å²) in [6.07, 6.45) is 0.950. The normalized spacial score (nSPS) is 22.9. The lowest BCUT2D eigenvalue weighted by Gasteiger charge is -2.39. The molecule has 0 aromatic carbocycles. The zero-order valence-corrected chi connectivity index (χ0v) is 11.4. The molecule has 1 aromatic rings. The van der Waals surface area contributed by atoms with Crippen LogP contribution < -0.4 is 0 Å². The molecule has 3 rings (SSSR count). The van der Waals surface area contributed by atoms with E-state index in [4.69, 9.17) is 0 Å². The molecule has 1 aliphatic heterocycles. The van der Waals surface area contributed by atoms with Crippen molar-refractivity contribution in [3.05, 3.63) is 16.1 Å². The van der Waals surface area contributed by atoms with Gasteiger partial charge in [0.05, 0.1) is 16.6 Å². The van der Waals surface area contributed by atoms with Gasteiger partial charge in [0.2, 0.25) is 0 Å². The molecule has 1 saturated heterocycles. The number of halogens is 3. The van der Waals surface area contributed by atoms with E-state index < -0.39 is 12.1 Å². The third-order valence-electron chi connectivity index (χ3n) is 4.08. The number of likely N-dealkylation sites (tertiary alicyclic amines) is 1. The lowest BCUT2D eigenvalue weighted by molar-refractivity contribution is -0.210. The number of hydrogen-bond acceptors (Lipinski definition) is 3. The number of nitrogens with zero attached hydrogens (tertiary/aromatic N) is 2. The molecule has 106 valence electrons. The molecule has 2 nitrogen and oxygen atoms in total. The Morgan fingerprint density at radius 1 is 1.26 bits per heavy atom. The molecule has 19 heavy (non-hydrogen) atoms. The van der Waals surface area contributed by atoms with Gasteiger partial charge < -0.3 is 0 Å². The van der Waals surface area contributed by atoms with Gasteiger partial charge in [0.1, 0.15) is 0 Å². The second-order valence-corrected chi connectivity index (χ2v) is 6.48. The van der Waals surface area contributed by atoms with Crippen molar-refractivity contribution in [3.8, 4) is 0 Å². The Labute approximate surface area is 114 Å². The van der Waals surface area contributed by atoms with Crippen molar-refractivity contribution in [2.75, 3.05) is 13.1 Å². The van der Waals surface area contributed by atoms with Crippen molar-refractivity contribution in [1.82, 2.24) is 9.88 Å². The zero-order chi connectivity index (χ0) is 13.5. The van der Waals surface area contributed by atoms with Crippen molar-refractivity contribution < 1.29 is 13.2 Å². The second kappa shape index (κ2) is 5.05. The Morgan fingerprint density at radius 3 is 2.58 bits per heavy atom. The monoisotopic (exact) mass is 290 g/mol. The van der Waals surface area contributed by atoms with Crippen LogP contribution in [-0.4, -0.2) is 29.1 Å². The number of hydrogen-bond donors (Lipinski definition) is 0. The molecular formula is C13H17F3N2S. The average molecular weight is 290 g/mol. The van der Waals surface area contributed by atoms with E-state index in [9.17, 15) is 13.2 Å². The topological polar surface area (TPSA) is 16.1 Å². The summed E-state index contributed by atoms with van der Waals surface area (Å²) in [6, 6.07) is 0. The molecule has 0 atom stereocenters. The third kappa shape index (κ3) is 2.94. The highest BCUT2D eigenvalue weighted by molar-refractivity contribution is 7.09. The van der Waals surface area contributed by atoms with Crippen molar-refractivity contribution >= 4 is 11.3 Å². The smallest absolute Gasteiger partial charge is 0.296 e. The Morgan fingerprint density at radius 2 is 1.95 bits per heavy atom. The van der Waals surface area contributed by atoms with Crippen LogP contribution in [0.2, 0.25) is 0 Å². The molecule has 6 heteroatoms. The minimum atomic E-state index is -4.03. The Balaban J connectivity index is 1.52. The number of alkyl halides is 3. The molecule has 1 aliphatic carbocycles. The van der Waals surface area contributed by atoms with Crippen molar-refractivity contribution in [1.29, 1.82) is 0 Å². The highest BCUT2D eigenvalue weighted by Gasteiger charge is 2.46. The maximum Gasteiger partial charge on any atom is 0.394 e. The Hall–Kier alpha value is -0.620. The van der Waals surface area contributed by atoms with E-state index in [0.717, 1.165) is 5.69 Å². The summed E-state index contributed by atoms with van der Waals surface area (Å²) in [4.78, 5) is 6.42. The van der Waals surface area contributed by atoms with Crippen LogP contribution in [0.25, 0.3) is 0 Å². The summed E-state index contributed by atoms with van der Waals surface area (Å²) in [6.45, 7) is 0.815. The molecular weight excluding hydrogens is 273 g/mol. The summed E-state index contributed by atoms with van der Waals surface area (Å²) >= 11 is 1.67. The van der Waals surface area contributed by atoms with E-state index in [0.29, 0.717) is 12.5 Å². The minimum Gasteiger partial charge on any atom is -0.296 e. The summed E-state index contributed by atoms with van der Waals surface area (Å²) in [5.74, 6) is -0.543. The first-order chi connectivity index (χ1) is 9.02. The quantitative estimate of drug-likeness (QED) is 0.842. The van der Waals surface area contributed by atoms with Gasteiger partial charge in [-0.1, -0.05) is 12.8 Å². The van der Waals surface area contributed by atoms with Crippen molar-refractivity contribution in [3.63, 3.8) is 0 Å². The Kier molecular flexibility index (Phi) is 3.55. The van der Waals surface area contributed by atoms with Gasteiger partial charge in [-0.3, -0.25) is 4.90 Å². The van der Waals surface area contributed by atoms with Gasteiger partial charge in [-0.2, -0.15) is 13.2 Å². The van der Waals surface area contributed by atoms with E-state index in [1.165, 1.54) is 30.7 Å². The summed E-state index contributed by atoms with van der Waals surface area (Å²) in [7, 11) is 0. The predicted molar refractivity (Wildman–Crippen MR) is 68.1 cm³/mol. The van der Waals surface area contributed by atoms with Crippen LogP contribution in [0.4, 0.5) is 13.2 Å². The molecule has 0 N–H and O–H groups in total. The predicted octanol–water partition coefficient (Wildman–Crippen LogP) is 3.79. The number of aromatic nitrogens is 1. The standard InChI is InChI=1S/C13H17F3N2S/c14-13(15,16)10-5-18(6-10)7-11-8-19-12(17-11)9-3-1-2-4-9/h8-10H,1-7H2. The van der Waals surface area contributed by atoms with Crippen molar-refractivity contribution in [2.45, 2.75) is 44.3 Å². The highest BCUT2D eigenvalue weighted by Crippen LogP contribution is 2.37. The number of thiazole rings is 1. The molecule has 1 aromatic heterocycles. The summed E-state index contributed by atoms with van der Waals surface area (Å²) in [5, 5.41) is 3.19. The molecule has 0 spiro atoms. The lowest BCUT2D eigenvalue weighted by atomic mass is 10.00. The zero-order valence-electron chi connectivity index (χ0n) is 10.6. The van der Waals surface area contributed by atoms with Gasteiger partial charge in [-0.15, -0.1) is 11.3 Å². The van der Waals surface area contributed by atoms with Crippen LogP contribution >= 0.6 is 11.3 Å². The maximum atomic E-state index is 12.4. The molecule has 2 fully saturated rings. The minimum absolute atomic E-state index is 0.125. The average Bonchev–Trinajstić information content (AvgIpc) is 2.91. The molecule has 2 aliphatic rings. The van der Waals surface area contributed by atoms with E-state index in [2.05, 4.69) is 4.98 Å². The molecule has 0 amide bonds. The van der Waals surface area contributed by atoms with Gasteiger partial charge in [-0.05, 0) is 12.8 Å². The molecule has 2 heterocycles. The van der Waals surface area contributed by atoms with Gasteiger partial charge in [0.15, 0.2) is 0 Å². The fourth-order valence-electron chi connectivity index (χ4n) is 2.89. The van der Waals surface area contributed by atoms with Crippen LogP contribution in [0.15, 0.2) is 5.38 Å². The summed E-state index contributed by atoms with van der Waals surface area (Å²) in [5.41, 5.74) is 0.938.